The minimum absolute atomic E-state index is 0.0183. The maximum atomic E-state index is 11.9. The summed E-state index contributed by atoms with van der Waals surface area (Å²) in [6, 6.07) is 3.63. The summed E-state index contributed by atoms with van der Waals surface area (Å²) in [5.74, 6) is 1.97. The first kappa shape index (κ1) is 16.4. The number of amides is 1. The Morgan fingerprint density at radius 3 is 2.25 bits per heavy atom. The number of hydrogen-bond donors (Lipinski definition) is 2. The fourth-order valence-electron chi connectivity index (χ4n) is 1.87. The number of hydrogen-bond acceptors (Lipinski definition) is 4. The highest BCUT2D eigenvalue weighted by Crippen LogP contribution is 2.12. The van der Waals surface area contributed by atoms with Gasteiger partial charge in [0.15, 0.2) is 5.82 Å². The van der Waals surface area contributed by atoms with Gasteiger partial charge in [0.05, 0.1) is 0 Å². The minimum atomic E-state index is 0.0183. The smallest absolute Gasteiger partial charge is 0.228 e. The van der Waals surface area contributed by atoms with E-state index >= 15 is 0 Å². The maximum Gasteiger partial charge on any atom is 0.228 e. The molecule has 0 aliphatic rings. The zero-order valence-corrected chi connectivity index (χ0v) is 12.9. The van der Waals surface area contributed by atoms with E-state index in [1.165, 1.54) is 0 Å². The van der Waals surface area contributed by atoms with Gasteiger partial charge in [-0.2, -0.15) is 0 Å². The van der Waals surface area contributed by atoms with Crippen LogP contribution in [0.5, 0.6) is 0 Å². The average Bonchev–Trinajstić information content (AvgIpc) is 2.42. The van der Waals surface area contributed by atoms with Crippen LogP contribution in [0, 0.1) is 11.8 Å². The molecule has 1 aromatic rings. The highest BCUT2D eigenvalue weighted by molar-refractivity contribution is 5.91. The van der Waals surface area contributed by atoms with Gasteiger partial charge >= 0.3 is 0 Å². The number of rotatable bonds is 8. The number of nitrogens with one attached hydrogen (secondary N) is 2. The Balaban J connectivity index is 2.48. The van der Waals surface area contributed by atoms with Crippen LogP contribution in [0.2, 0.25) is 0 Å². The average molecular weight is 278 g/mol. The molecule has 0 aliphatic heterocycles. The molecule has 0 aromatic carbocycles. The number of nitrogens with zero attached hydrogens (tertiary/aromatic N) is 2. The normalized spacial score (nSPS) is 10.9. The molecule has 20 heavy (non-hydrogen) atoms. The molecular weight excluding hydrogens is 252 g/mol. The number of carbonyl (C=O) groups excluding carboxylic acids is 1. The predicted octanol–water partition coefficient (Wildman–Crippen LogP) is 3.31. The summed E-state index contributed by atoms with van der Waals surface area (Å²) < 4.78 is 0. The third-order valence-electron chi connectivity index (χ3n) is 3.30. The predicted molar refractivity (Wildman–Crippen MR) is 82.7 cm³/mol. The minimum Gasteiger partial charge on any atom is -0.369 e. The first-order valence-electron chi connectivity index (χ1n) is 7.45. The topological polar surface area (TPSA) is 66.9 Å². The quantitative estimate of drug-likeness (QED) is 0.765. The van der Waals surface area contributed by atoms with E-state index in [4.69, 9.17) is 0 Å². The van der Waals surface area contributed by atoms with Crippen molar-refractivity contribution in [3.63, 3.8) is 0 Å². The summed E-state index contributed by atoms with van der Waals surface area (Å²) in [5.41, 5.74) is 0. The molecule has 0 unspecified atom stereocenters. The van der Waals surface area contributed by atoms with E-state index in [2.05, 4.69) is 34.7 Å². The number of aromatic nitrogens is 2. The molecule has 5 heteroatoms. The molecule has 0 saturated heterocycles. The van der Waals surface area contributed by atoms with Crippen LogP contribution in [0.1, 0.15) is 47.0 Å². The fourth-order valence-corrected chi connectivity index (χ4v) is 1.87. The molecule has 0 spiro atoms. The van der Waals surface area contributed by atoms with Gasteiger partial charge in [0.25, 0.3) is 0 Å². The summed E-state index contributed by atoms with van der Waals surface area (Å²) in [6.45, 7) is 9.28. The van der Waals surface area contributed by atoms with Crippen LogP contribution in [0.15, 0.2) is 12.1 Å². The molecule has 1 amide bonds. The molecule has 2 N–H and O–H groups in total. The van der Waals surface area contributed by atoms with Crippen molar-refractivity contribution in [3.8, 4) is 0 Å². The van der Waals surface area contributed by atoms with Gasteiger partial charge in [-0.3, -0.25) is 4.79 Å². The van der Waals surface area contributed by atoms with E-state index < -0.39 is 0 Å². The standard InChI is InChI=1S/C15H26N4O/c1-5-12(6-2)15(20)17-14-8-7-13(18-19-14)16-10-9-11(3)4/h7-8,11-12H,5-6,9-10H2,1-4H3,(H,16,18)(H,17,19,20). The molecular formula is C15H26N4O. The van der Waals surface area contributed by atoms with Crippen molar-refractivity contribution >= 4 is 17.5 Å². The molecule has 0 bridgehead atoms. The highest BCUT2D eigenvalue weighted by atomic mass is 16.1. The molecule has 0 fully saturated rings. The van der Waals surface area contributed by atoms with Gasteiger partial charge in [-0.15, -0.1) is 10.2 Å². The zero-order valence-electron chi connectivity index (χ0n) is 12.9. The van der Waals surface area contributed by atoms with Gasteiger partial charge in [-0.05, 0) is 37.3 Å². The molecule has 112 valence electrons. The summed E-state index contributed by atoms with van der Waals surface area (Å²) in [7, 11) is 0. The monoisotopic (exact) mass is 278 g/mol. The van der Waals surface area contributed by atoms with Crippen LogP contribution >= 0.6 is 0 Å². The number of anilines is 2. The largest absolute Gasteiger partial charge is 0.369 e. The van der Waals surface area contributed by atoms with E-state index in [1.807, 2.05) is 19.9 Å². The van der Waals surface area contributed by atoms with Crippen molar-refractivity contribution in [2.45, 2.75) is 47.0 Å². The lowest BCUT2D eigenvalue weighted by molar-refractivity contribution is -0.120. The highest BCUT2D eigenvalue weighted by Gasteiger charge is 2.14. The van der Waals surface area contributed by atoms with Crippen LogP contribution < -0.4 is 10.6 Å². The number of carbonyl (C=O) groups is 1. The van der Waals surface area contributed by atoms with E-state index in [-0.39, 0.29) is 11.8 Å². The lowest BCUT2D eigenvalue weighted by atomic mass is 10.0. The second-order valence-electron chi connectivity index (χ2n) is 5.42. The summed E-state index contributed by atoms with van der Waals surface area (Å²) in [5, 5.41) is 14.1. The van der Waals surface area contributed by atoms with Gasteiger partial charge in [-0.1, -0.05) is 27.7 Å². The van der Waals surface area contributed by atoms with Crippen molar-refractivity contribution < 1.29 is 4.79 Å². The first-order valence-corrected chi connectivity index (χ1v) is 7.45. The van der Waals surface area contributed by atoms with Crippen molar-refractivity contribution in [2.75, 3.05) is 17.2 Å². The van der Waals surface area contributed by atoms with Crippen LogP contribution in [-0.2, 0) is 4.79 Å². The molecule has 1 rings (SSSR count). The van der Waals surface area contributed by atoms with Crippen molar-refractivity contribution in [1.29, 1.82) is 0 Å². The Kier molecular flexibility index (Phi) is 6.98. The van der Waals surface area contributed by atoms with Crippen molar-refractivity contribution in [3.05, 3.63) is 12.1 Å². The molecule has 0 atom stereocenters. The van der Waals surface area contributed by atoms with Gasteiger partial charge in [0, 0.05) is 12.5 Å². The lowest BCUT2D eigenvalue weighted by Gasteiger charge is -2.12. The SMILES string of the molecule is CCC(CC)C(=O)Nc1ccc(NCCC(C)C)nn1. The van der Waals surface area contributed by atoms with Crippen LogP contribution in [0.4, 0.5) is 11.6 Å². The summed E-state index contributed by atoms with van der Waals surface area (Å²) in [4.78, 5) is 11.9. The van der Waals surface area contributed by atoms with Crippen LogP contribution in [-0.4, -0.2) is 22.6 Å². The fraction of sp³-hybridized carbons (Fsp3) is 0.667. The Labute approximate surface area is 121 Å². The third kappa shape index (κ3) is 5.55. The van der Waals surface area contributed by atoms with Crippen LogP contribution in [0.3, 0.4) is 0 Å². The molecule has 0 radical (unpaired) electrons. The van der Waals surface area contributed by atoms with E-state index in [0.29, 0.717) is 11.7 Å². The molecule has 1 aromatic heterocycles. The third-order valence-corrected chi connectivity index (χ3v) is 3.30. The molecule has 1 heterocycles. The first-order chi connectivity index (χ1) is 9.56. The second-order valence-corrected chi connectivity index (χ2v) is 5.42. The molecule has 5 nitrogen and oxygen atoms in total. The Morgan fingerprint density at radius 2 is 1.75 bits per heavy atom. The van der Waals surface area contributed by atoms with Crippen molar-refractivity contribution in [2.24, 2.45) is 11.8 Å². The van der Waals surface area contributed by atoms with E-state index in [0.717, 1.165) is 31.6 Å². The molecule has 0 aliphatic carbocycles. The molecule has 0 saturated carbocycles. The lowest BCUT2D eigenvalue weighted by Crippen LogP contribution is -2.22. The Hall–Kier alpha value is -1.65. The van der Waals surface area contributed by atoms with Crippen molar-refractivity contribution in [1.82, 2.24) is 10.2 Å². The summed E-state index contributed by atoms with van der Waals surface area (Å²) >= 11 is 0. The van der Waals surface area contributed by atoms with E-state index in [1.54, 1.807) is 6.07 Å². The van der Waals surface area contributed by atoms with Gasteiger partial charge < -0.3 is 10.6 Å². The Morgan fingerprint density at radius 1 is 1.15 bits per heavy atom. The van der Waals surface area contributed by atoms with Crippen LogP contribution in [0.25, 0.3) is 0 Å². The van der Waals surface area contributed by atoms with Gasteiger partial charge in [0.2, 0.25) is 5.91 Å². The van der Waals surface area contributed by atoms with Gasteiger partial charge in [-0.25, -0.2) is 0 Å². The van der Waals surface area contributed by atoms with Gasteiger partial charge in [0.1, 0.15) is 5.82 Å². The Bertz CT molecular complexity index is 399. The maximum absolute atomic E-state index is 11.9. The van der Waals surface area contributed by atoms with E-state index in [9.17, 15) is 4.79 Å². The summed E-state index contributed by atoms with van der Waals surface area (Å²) in [6.07, 6.45) is 2.77. The second kappa shape index (κ2) is 8.51. The zero-order chi connectivity index (χ0) is 15.0.